The molecule has 0 radical (unpaired) electrons. The molecular formula is C17H19N3O2. The summed E-state index contributed by atoms with van der Waals surface area (Å²) in [5.41, 5.74) is 0.153. The van der Waals surface area contributed by atoms with Crippen molar-refractivity contribution in [1.82, 2.24) is 14.9 Å². The Balaban J connectivity index is 2.07. The fourth-order valence-corrected chi connectivity index (χ4v) is 1.79. The Morgan fingerprint density at radius 2 is 2.23 bits per heavy atom. The van der Waals surface area contributed by atoms with Crippen LogP contribution in [-0.4, -0.2) is 26.2 Å². The SMILES string of the molecule is Cn1ccnc1CNC(=O)c1cccc(C#CC(C)(C)O)c1. The molecule has 2 aromatic rings. The predicted molar refractivity (Wildman–Crippen MR) is 84.0 cm³/mol. The molecule has 0 aliphatic rings. The highest BCUT2D eigenvalue weighted by Gasteiger charge is 2.08. The third kappa shape index (κ3) is 4.47. The van der Waals surface area contributed by atoms with Gasteiger partial charge in [-0.1, -0.05) is 17.9 Å². The van der Waals surface area contributed by atoms with Gasteiger partial charge in [0, 0.05) is 30.6 Å². The normalized spacial score (nSPS) is 10.7. The Kier molecular flexibility index (Phi) is 4.64. The number of aromatic nitrogens is 2. The van der Waals surface area contributed by atoms with E-state index in [0.717, 1.165) is 5.82 Å². The summed E-state index contributed by atoms with van der Waals surface area (Å²) in [6.07, 6.45) is 3.52. The average molecular weight is 297 g/mol. The number of amides is 1. The van der Waals surface area contributed by atoms with Gasteiger partial charge in [0.05, 0.1) is 6.54 Å². The lowest BCUT2D eigenvalue weighted by Crippen LogP contribution is -2.24. The van der Waals surface area contributed by atoms with Gasteiger partial charge in [0.15, 0.2) is 0 Å². The van der Waals surface area contributed by atoms with Gasteiger partial charge in [0.2, 0.25) is 0 Å². The highest BCUT2D eigenvalue weighted by Crippen LogP contribution is 2.06. The number of hydrogen-bond donors (Lipinski definition) is 2. The van der Waals surface area contributed by atoms with E-state index in [2.05, 4.69) is 22.1 Å². The van der Waals surface area contributed by atoms with E-state index in [-0.39, 0.29) is 5.91 Å². The molecule has 1 aromatic carbocycles. The van der Waals surface area contributed by atoms with E-state index in [9.17, 15) is 9.90 Å². The van der Waals surface area contributed by atoms with E-state index < -0.39 is 5.60 Å². The van der Waals surface area contributed by atoms with Crippen molar-refractivity contribution in [2.45, 2.75) is 26.0 Å². The highest BCUT2D eigenvalue weighted by molar-refractivity contribution is 5.94. The number of nitrogens with one attached hydrogen (secondary N) is 1. The minimum absolute atomic E-state index is 0.185. The molecule has 114 valence electrons. The lowest BCUT2D eigenvalue weighted by atomic mass is 10.1. The van der Waals surface area contributed by atoms with Crippen LogP contribution < -0.4 is 5.32 Å². The lowest BCUT2D eigenvalue weighted by molar-refractivity contribution is 0.0949. The standard InChI is InChI=1S/C17H19N3O2/c1-17(2,22)8-7-13-5-4-6-14(11-13)16(21)19-12-15-18-9-10-20(15)3/h4-6,9-11,22H,12H2,1-3H3,(H,19,21). The minimum Gasteiger partial charge on any atom is -0.378 e. The van der Waals surface area contributed by atoms with Gasteiger partial charge in [-0.05, 0) is 32.0 Å². The summed E-state index contributed by atoms with van der Waals surface area (Å²) < 4.78 is 1.85. The number of nitrogens with zero attached hydrogens (tertiary/aromatic N) is 2. The number of hydrogen-bond acceptors (Lipinski definition) is 3. The van der Waals surface area contributed by atoms with E-state index in [0.29, 0.717) is 17.7 Å². The largest absolute Gasteiger partial charge is 0.378 e. The van der Waals surface area contributed by atoms with Gasteiger partial charge >= 0.3 is 0 Å². The van der Waals surface area contributed by atoms with Crippen LogP contribution in [0.5, 0.6) is 0 Å². The summed E-state index contributed by atoms with van der Waals surface area (Å²) in [6, 6.07) is 6.99. The van der Waals surface area contributed by atoms with Gasteiger partial charge in [-0.15, -0.1) is 0 Å². The Morgan fingerprint density at radius 1 is 1.45 bits per heavy atom. The molecule has 5 nitrogen and oxygen atoms in total. The summed E-state index contributed by atoms with van der Waals surface area (Å²) >= 11 is 0. The van der Waals surface area contributed by atoms with Crippen LogP contribution in [-0.2, 0) is 13.6 Å². The number of imidazole rings is 1. The second-order valence-corrected chi connectivity index (χ2v) is 5.53. The van der Waals surface area contributed by atoms with Crippen molar-refractivity contribution in [3.8, 4) is 11.8 Å². The van der Waals surface area contributed by atoms with Gasteiger partial charge in [0.25, 0.3) is 5.91 Å². The van der Waals surface area contributed by atoms with E-state index in [1.807, 2.05) is 17.8 Å². The summed E-state index contributed by atoms with van der Waals surface area (Å²) in [4.78, 5) is 16.3. The maximum absolute atomic E-state index is 12.2. The molecule has 0 bridgehead atoms. The first kappa shape index (κ1) is 15.8. The van der Waals surface area contributed by atoms with E-state index >= 15 is 0 Å². The van der Waals surface area contributed by atoms with Crippen molar-refractivity contribution < 1.29 is 9.90 Å². The first-order chi connectivity index (χ1) is 10.3. The molecule has 1 amide bonds. The lowest BCUT2D eigenvalue weighted by Gasteiger charge is -2.07. The van der Waals surface area contributed by atoms with Crippen molar-refractivity contribution >= 4 is 5.91 Å². The van der Waals surface area contributed by atoms with Gasteiger partial charge in [0.1, 0.15) is 11.4 Å². The molecule has 0 atom stereocenters. The van der Waals surface area contributed by atoms with Crippen LogP contribution in [0.2, 0.25) is 0 Å². The molecular weight excluding hydrogens is 278 g/mol. The molecule has 0 saturated heterocycles. The first-order valence-electron chi connectivity index (χ1n) is 6.95. The molecule has 2 rings (SSSR count). The van der Waals surface area contributed by atoms with Gasteiger partial charge in [-0.3, -0.25) is 4.79 Å². The maximum atomic E-state index is 12.2. The number of aryl methyl sites for hydroxylation is 1. The quantitative estimate of drug-likeness (QED) is 0.843. The van der Waals surface area contributed by atoms with E-state index in [4.69, 9.17) is 0 Å². The van der Waals surface area contributed by atoms with Crippen LogP contribution in [0.15, 0.2) is 36.7 Å². The highest BCUT2D eigenvalue weighted by atomic mass is 16.3. The Bertz CT molecular complexity index is 730. The van der Waals surface area contributed by atoms with Crippen LogP contribution in [0.1, 0.15) is 35.6 Å². The second-order valence-electron chi connectivity index (χ2n) is 5.53. The number of aliphatic hydroxyl groups is 1. The third-order valence-corrected chi connectivity index (χ3v) is 2.97. The topological polar surface area (TPSA) is 67.2 Å². The summed E-state index contributed by atoms with van der Waals surface area (Å²) in [5, 5.41) is 12.4. The zero-order valence-corrected chi connectivity index (χ0v) is 12.9. The van der Waals surface area contributed by atoms with Crippen LogP contribution >= 0.6 is 0 Å². The predicted octanol–water partition coefficient (Wildman–Crippen LogP) is 1.47. The first-order valence-corrected chi connectivity index (χ1v) is 6.95. The Labute approximate surface area is 130 Å². The van der Waals surface area contributed by atoms with Crippen molar-refractivity contribution in [2.75, 3.05) is 0 Å². The molecule has 1 aromatic heterocycles. The van der Waals surface area contributed by atoms with Crippen molar-refractivity contribution in [3.63, 3.8) is 0 Å². The summed E-state index contributed by atoms with van der Waals surface area (Å²) in [6.45, 7) is 3.59. The van der Waals surface area contributed by atoms with Crippen LogP contribution in [0.25, 0.3) is 0 Å². The van der Waals surface area contributed by atoms with Gasteiger partial charge in [-0.2, -0.15) is 0 Å². The zero-order valence-electron chi connectivity index (χ0n) is 12.9. The molecule has 0 saturated carbocycles. The molecule has 0 spiro atoms. The summed E-state index contributed by atoms with van der Waals surface area (Å²) in [7, 11) is 1.88. The maximum Gasteiger partial charge on any atom is 0.251 e. The van der Waals surface area contributed by atoms with Crippen LogP contribution in [0, 0.1) is 11.8 Å². The smallest absolute Gasteiger partial charge is 0.251 e. The average Bonchev–Trinajstić information content (AvgIpc) is 2.87. The summed E-state index contributed by atoms with van der Waals surface area (Å²) in [5.74, 6) is 6.19. The van der Waals surface area contributed by atoms with Crippen LogP contribution in [0.3, 0.4) is 0 Å². The fourth-order valence-electron chi connectivity index (χ4n) is 1.79. The van der Waals surface area contributed by atoms with E-state index in [1.165, 1.54) is 0 Å². The van der Waals surface area contributed by atoms with Crippen LogP contribution in [0.4, 0.5) is 0 Å². The number of rotatable bonds is 3. The molecule has 22 heavy (non-hydrogen) atoms. The fraction of sp³-hybridized carbons (Fsp3) is 0.294. The van der Waals surface area contributed by atoms with Crippen molar-refractivity contribution in [1.29, 1.82) is 0 Å². The number of benzene rings is 1. The monoisotopic (exact) mass is 297 g/mol. The van der Waals surface area contributed by atoms with Gasteiger partial charge in [-0.25, -0.2) is 4.98 Å². The molecule has 0 aliphatic carbocycles. The molecule has 5 heteroatoms. The second kappa shape index (κ2) is 6.46. The minimum atomic E-state index is -1.06. The molecule has 0 aliphatic heterocycles. The van der Waals surface area contributed by atoms with Crippen molar-refractivity contribution in [3.05, 3.63) is 53.6 Å². The number of carbonyl (C=O) groups excluding carboxylic acids is 1. The molecule has 1 heterocycles. The molecule has 0 unspecified atom stereocenters. The van der Waals surface area contributed by atoms with Crippen molar-refractivity contribution in [2.24, 2.45) is 7.05 Å². The Hall–Kier alpha value is -2.58. The zero-order chi connectivity index (χ0) is 16.2. The van der Waals surface area contributed by atoms with Gasteiger partial charge < -0.3 is 15.0 Å². The number of carbonyl (C=O) groups is 1. The third-order valence-electron chi connectivity index (χ3n) is 2.97. The molecule has 2 N–H and O–H groups in total. The van der Waals surface area contributed by atoms with E-state index in [1.54, 1.807) is 44.3 Å². The molecule has 0 fully saturated rings. The Morgan fingerprint density at radius 3 is 2.86 bits per heavy atom.